The second-order valence-electron chi connectivity index (χ2n) is 4.80. The number of methoxy groups -OCH3 is 1. The van der Waals surface area contributed by atoms with E-state index in [1.54, 1.807) is 0 Å². The number of hydrogen-bond donors (Lipinski definition) is 2. The second-order valence-corrected chi connectivity index (χ2v) is 4.80. The third-order valence-corrected chi connectivity index (χ3v) is 3.15. The number of carbonyl (C=O) groups excluding carboxylic acids is 2. The van der Waals surface area contributed by atoms with Crippen LogP contribution < -0.4 is 10.9 Å². The van der Waals surface area contributed by atoms with Crippen molar-refractivity contribution in [1.82, 2.24) is 4.98 Å². The molecule has 0 radical (unpaired) electrons. The summed E-state index contributed by atoms with van der Waals surface area (Å²) in [5.41, 5.74) is -0.533. The highest BCUT2D eigenvalue weighted by atomic mass is 16.5. The number of nitrogens with one attached hydrogen (secondary N) is 2. The van der Waals surface area contributed by atoms with E-state index in [0.29, 0.717) is 6.61 Å². The van der Waals surface area contributed by atoms with E-state index >= 15 is 0 Å². The molecule has 0 aliphatic carbocycles. The number of aromatic nitrogens is 1. The summed E-state index contributed by atoms with van der Waals surface area (Å²) < 4.78 is 15.1. The first-order valence-corrected chi connectivity index (χ1v) is 6.91. The summed E-state index contributed by atoms with van der Waals surface area (Å²) in [5, 5.41) is 2.42. The summed E-state index contributed by atoms with van der Waals surface area (Å²) in [6.45, 7) is 0.908. The molecule has 120 valence electrons. The zero-order chi connectivity index (χ0) is 15.9. The van der Waals surface area contributed by atoms with Crippen LogP contribution in [0.5, 0.6) is 0 Å². The van der Waals surface area contributed by atoms with E-state index in [2.05, 4.69) is 15.0 Å². The minimum absolute atomic E-state index is 0.0140. The van der Waals surface area contributed by atoms with Crippen LogP contribution in [0.4, 0.5) is 5.69 Å². The molecule has 2 heterocycles. The fraction of sp³-hybridized carbons (Fsp3) is 0.500. The van der Waals surface area contributed by atoms with Crippen LogP contribution in [-0.4, -0.2) is 49.9 Å². The molecule has 1 aliphatic rings. The second kappa shape index (κ2) is 7.71. The molecule has 1 amide bonds. The zero-order valence-corrected chi connectivity index (χ0v) is 12.2. The standard InChI is InChI=1S/C14H18N2O6/c1-20-14(19)11-5-4-10(13(18)16-11)15-12(17)8-21-7-9-3-2-6-22-9/h4-5,9H,2-3,6-8H2,1H3,(H,15,17)(H,16,18). The predicted molar refractivity (Wildman–Crippen MR) is 76.8 cm³/mol. The Morgan fingerprint density at radius 3 is 2.91 bits per heavy atom. The normalized spacial score (nSPS) is 17.2. The first-order chi connectivity index (χ1) is 10.6. The average Bonchev–Trinajstić information content (AvgIpc) is 3.01. The number of anilines is 1. The molecule has 0 spiro atoms. The van der Waals surface area contributed by atoms with Gasteiger partial charge in [-0.15, -0.1) is 0 Å². The quantitative estimate of drug-likeness (QED) is 0.732. The van der Waals surface area contributed by atoms with Gasteiger partial charge in [-0.25, -0.2) is 4.79 Å². The Morgan fingerprint density at radius 2 is 2.27 bits per heavy atom. The lowest BCUT2D eigenvalue weighted by Gasteiger charge is -2.10. The number of pyridine rings is 1. The maximum atomic E-state index is 11.7. The molecule has 1 aromatic rings. The number of aromatic amines is 1. The molecule has 1 atom stereocenters. The molecule has 1 aliphatic heterocycles. The Morgan fingerprint density at radius 1 is 1.45 bits per heavy atom. The number of H-pyrrole nitrogens is 1. The van der Waals surface area contributed by atoms with Gasteiger partial charge in [0.05, 0.1) is 19.8 Å². The lowest BCUT2D eigenvalue weighted by molar-refractivity contribution is -0.121. The number of amides is 1. The first-order valence-electron chi connectivity index (χ1n) is 6.91. The molecule has 8 heteroatoms. The highest BCUT2D eigenvalue weighted by molar-refractivity contribution is 5.92. The van der Waals surface area contributed by atoms with Gasteiger partial charge < -0.3 is 24.5 Å². The van der Waals surface area contributed by atoms with E-state index in [9.17, 15) is 14.4 Å². The van der Waals surface area contributed by atoms with Gasteiger partial charge in [-0.2, -0.15) is 0 Å². The maximum absolute atomic E-state index is 11.7. The summed E-state index contributed by atoms with van der Waals surface area (Å²) in [6.07, 6.45) is 1.97. The van der Waals surface area contributed by atoms with Gasteiger partial charge in [-0.3, -0.25) is 9.59 Å². The molecule has 0 saturated carbocycles. The van der Waals surface area contributed by atoms with Gasteiger partial charge in [-0.1, -0.05) is 0 Å². The topological polar surface area (TPSA) is 107 Å². The minimum atomic E-state index is -0.658. The predicted octanol–water partition coefficient (Wildman–Crippen LogP) is 0.296. The fourth-order valence-electron chi connectivity index (χ4n) is 2.05. The van der Waals surface area contributed by atoms with E-state index in [1.807, 2.05) is 0 Å². The molecule has 0 bridgehead atoms. The van der Waals surface area contributed by atoms with Crippen LogP contribution in [-0.2, 0) is 19.0 Å². The molecule has 8 nitrogen and oxygen atoms in total. The van der Waals surface area contributed by atoms with E-state index in [1.165, 1.54) is 19.2 Å². The van der Waals surface area contributed by atoms with Crippen molar-refractivity contribution >= 4 is 17.6 Å². The fourth-order valence-corrected chi connectivity index (χ4v) is 2.05. The molecule has 0 aromatic carbocycles. The summed E-state index contributed by atoms with van der Waals surface area (Å²) >= 11 is 0. The van der Waals surface area contributed by atoms with Crippen LogP contribution in [0.25, 0.3) is 0 Å². The maximum Gasteiger partial charge on any atom is 0.354 e. The van der Waals surface area contributed by atoms with Gasteiger partial charge in [0.15, 0.2) is 0 Å². The molecular weight excluding hydrogens is 292 g/mol. The molecule has 2 rings (SSSR count). The van der Waals surface area contributed by atoms with Crippen LogP contribution in [0.1, 0.15) is 23.3 Å². The summed E-state index contributed by atoms with van der Waals surface area (Å²) in [5.74, 6) is -1.11. The van der Waals surface area contributed by atoms with E-state index < -0.39 is 17.4 Å². The molecular formula is C14H18N2O6. The molecule has 1 fully saturated rings. The Labute approximate surface area is 126 Å². The third kappa shape index (κ3) is 4.40. The van der Waals surface area contributed by atoms with Gasteiger partial charge in [0.1, 0.15) is 18.0 Å². The van der Waals surface area contributed by atoms with Gasteiger partial charge in [0.2, 0.25) is 0 Å². The van der Waals surface area contributed by atoms with Crippen molar-refractivity contribution in [2.45, 2.75) is 18.9 Å². The monoisotopic (exact) mass is 310 g/mol. The van der Waals surface area contributed by atoms with Gasteiger partial charge in [-0.05, 0) is 25.0 Å². The van der Waals surface area contributed by atoms with Crippen molar-refractivity contribution in [2.75, 3.05) is 32.2 Å². The number of ether oxygens (including phenoxy) is 3. The van der Waals surface area contributed by atoms with E-state index in [4.69, 9.17) is 9.47 Å². The Hall–Kier alpha value is -2.19. The smallest absolute Gasteiger partial charge is 0.354 e. The Bertz CT molecular complexity index is 591. The van der Waals surface area contributed by atoms with Crippen molar-refractivity contribution in [3.05, 3.63) is 28.2 Å². The minimum Gasteiger partial charge on any atom is -0.464 e. The summed E-state index contributed by atoms with van der Waals surface area (Å²) in [7, 11) is 1.21. The summed E-state index contributed by atoms with van der Waals surface area (Å²) in [4.78, 5) is 37.0. The Kier molecular flexibility index (Phi) is 5.68. The van der Waals surface area contributed by atoms with Crippen molar-refractivity contribution in [1.29, 1.82) is 0 Å². The molecule has 22 heavy (non-hydrogen) atoms. The Balaban J connectivity index is 1.83. The van der Waals surface area contributed by atoms with E-state index in [-0.39, 0.29) is 24.1 Å². The highest BCUT2D eigenvalue weighted by Crippen LogP contribution is 2.11. The molecule has 1 saturated heterocycles. The number of esters is 1. The van der Waals surface area contributed by atoms with Gasteiger partial charge in [0, 0.05) is 6.61 Å². The van der Waals surface area contributed by atoms with Gasteiger partial charge in [0.25, 0.3) is 11.5 Å². The lowest BCUT2D eigenvalue weighted by atomic mass is 10.2. The van der Waals surface area contributed by atoms with Gasteiger partial charge >= 0.3 is 5.97 Å². The number of carbonyl (C=O) groups is 2. The van der Waals surface area contributed by atoms with Crippen LogP contribution in [0, 0.1) is 0 Å². The number of hydrogen-bond acceptors (Lipinski definition) is 6. The largest absolute Gasteiger partial charge is 0.464 e. The summed E-state index contributed by atoms with van der Waals surface area (Å²) in [6, 6.07) is 2.69. The third-order valence-electron chi connectivity index (χ3n) is 3.15. The van der Waals surface area contributed by atoms with Crippen molar-refractivity contribution in [3.63, 3.8) is 0 Å². The van der Waals surface area contributed by atoms with Crippen molar-refractivity contribution in [2.24, 2.45) is 0 Å². The molecule has 1 unspecified atom stereocenters. The van der Waals surface area contributed by atoms with E-state index in [0.717, 1.165) is 19.4 Å². The van der Waals surface area contributed by atoms with Crippen LogP contribution in [0.2, 0.25) is 0 Å². The SMILES string of the molecule is COC(=O)c1ccc(NC(=O)COCC2CCCO2)c(=O)[nH]1. The van der Waals surface area contributed by atoms with Crippen LogP contribution in [0.3, 0.4) is 0 Å². The van der Waals surface area contributed by atoms with Crippen LogP contribution >= 0.6 is 0 Å². The number of rotatable bonds is 6. The highest BCUT2D eigenvalue weighted by Gasteiger charge is 2.16. The molecule has 1 aromatic heterocycles. The lowest BCUT2D eigenvalue weighted by Crippen LogP contribution is -2.26. The van der Waals surface area contributed by atoms with Crippen molar-refractivity contribution < 1.29 is 23.8 Å². The first kappa shape index (κ1) is 16.2. The van der Waals surface area contributed by atoms with Crippen LogP contribution in [0.15, 0.2) is 16.9 Å². The average molecular weight is 310 g/mol. The zero-order valence-electron chi connectivity index (χ0n) is 12.2. The van der Waals surface area contributed by atoms with Crippen molar-refractivity contribution in [3.8, 4) is 0 Å². The molecule has 2 N–H and O–H groups in total.